The molecule has 0 bridgehead atoms. The highest BCUT2D eigenvalue weighted by Gasteiger charge is 2.32. The number of hydrogen-bond donors (Lipinski definition) is 1. The molecule has 0 aromatic rings. The Morgan fingerprint density at radius 2 is 2.05 bits per heavy atom. The van der Waals surface area contributed by atoms with Gasteiger partial charge in [-0.3, -0.25) is 5.32 Å². The monoisotopic (exact) mass is 279 g/mol. The molecule has 116 valence electrons. The SMILES string of the molecule is CCCNC(C)(C#N)CC(C)N(C)C1CCCCC1C. The van der Waals surface area contributed by atoms with Crippen molar-refractivity contribution in [2.45, 2.75) is 83.8 Å². The molecular weight excluding hydrogens is 246 g/mol. The molecule has 0 spiro atoms. The van der Waals surface area contributed by atoms with Crippen LogP contribution in [-0.4, -0.2) is 36.1 Å². The highest BCUT2D eigenvalue weighted by molar-refractivity contribution is 5.05. The summed E-state index contributed by atoms with van der Waals surface area (Å²) in [6, 6.07) is 3.60. The van der Waals surface area contributed by atoms with Crippen LogP contribution in [-0.2, 0) is 0 Å². The van der Waals surface area contributed by atoms with Gasteiger partial charge in [-0.25, -0.2) is 0 Å². The third-order valence-corrected chi connectivity index (χ3v) is 5.00. The van der Waals surface area contributed by atoms with E-state index in [-0.39, 0.29) is 0 Å². The Morgan fingerprint density at radius 3 is 2.60 bits per heavy atom. The Bertz CT molecular complexity index is 323. The zero-order valence-corrected chi connectivity index (χ0v) is 14.1. The van der Waals surface area contributed by atoms with Crippen molar-refractivity contribution in [1.29, 1.82) is 5.26 Å². The van der Waals surface area contributed by atoms with E-state index < -0.39 is 5.54 Å². The van der Waals surface area contributed by atoms with Crippen molar-refractivity contribution in [3.05, 3.63) is 0 Å². The topological polar surface area (TPSA) is 39.1 Å². The quantitative estimate of drug-likeness (QED) is 0.774. The van der Waals surface area contributed by atoms with Gasteiger partial charge in [0.05, 0.1) is 6.07 Å². The van der Waals surface area contributed by atoms with Crippen LogP contribution in [0.1, 0.15) is 66.2 Å². The summed E-state index contributed by atoms with van der Waals surface area (Å²) in [6.07, 6.45) is 7.37. The summed E-state index contributed by atoms with van der Waals surface area (Å²) in [5.74, 6) is 0.785. The van der Waals surface area contributed by atoms with Gasteiger partial charge in [0.15, 0.2) is 0 Å². The van der Waals surface area contributed by atoms with Gasteiger partial charge in [0.2, 0.25) is 0 Å². The van der Waals surface area contributed by atoms with Crippen LogP contribution >= 0.6 is 0 Å². The van der Waals surface area contributed by atoms with E-state index in [1.807, 2.05) is 6.92 Å². The molecule has 0 amide bonds. The van der Waals surface area contributed by atoms with Gasteiger partial charge in [0, 0.05) is 12.1 Å². The lowest BCUT2D eigenvalue weighted by Crippen LogP contribution is -2.50. The minimum absolute atomic E-state index is 0.401. The van der Waals surface area contributed by atoms with Crippen LogP contribution in [0.4, 0.5) is 0 Å². The largest absolute Gasteiger partial charge is 0.300 e. The van der Waals surface area contributed by atoms with Crippen molar-refractivity contribution < 1.29 is 0 Å². The van der Waals surface area contributed by atoms with Gasteiger partial charge in [0.25, 0.3) is 0 Å². The second kappa shape index (κ2) is 8.00. The Labute approximate surface area is 125 Å². The van der Waals surface area contributed by atoms with Crippen molar-refractivity contribution in [3.8, 4) is 6.07 Å². The van der Waals surface area contributed by atoms with Crippen LogP contribution in [0.15, 0.2) is 0 Å². The first-order valence-electron chi connectivity index (χ1n) is 8.31. The minimum atomic E-state index is -0.401. The number of nitrogens with one attached hydrogen (secondary N) is 1. The van der Waals surface area contributed by atoms with Gasteiger partial charge in [-0.05, 0) is 59.0 Å². The molecule has 0 heterocycles. The molecule has 0 aromatic carbocycles. The van der Waals surface area contributed by atoms with Gasteiger partial charge in [0.1, 0.15) is 5.54 Å². The molecule has 1 aliphatic rings. The van der Waals surface area contributed by atoms with Crippen LogP contribution in [0.5, 0.6) is 0 Å². The van der Waals surface area contributed by atoms with Crippen LogP contribution in [0.3, 0.4) is 0 Å². The molecule has 1 rings (SSSR count). The van der Waals surface area contributed by atoms with Gasteiger partial charge >= 0.3 is 0 Å². The molecule has 3 nitrogen and oxygen atoms in total. The molecule has 20 heavy (non-hydrogen) atoms. The summed E-state index contributed by atoms with van der Waals surface area (Å²) < 4.78 is 0. The summed E-state index contributed by atoms with van der Waals surface area (Å²) in [7, 11) is 2.24. The maximum absolute atomic E-state index is 9.47. The highest BCUT2D eigenvalue weighted by Crippen LogP contribution is 2.29. The summed E-state index contributed by atoms with van der Waals surface area (Å²) >= 11 is 0. The Hall–Kier alpha value is -0.590. The normalized spacial score (nSPS) is 27.9. The molecule has 1 N–H and O–H groups in total. The van der Waals surface area contributed by atoms with E-state index in [2.05, 4.69) is 44.1 Å². The van der Waals surface area contributed by atoms with Crippen LogP contribution in [0, 0.1) is 17.2 Å². The second-order valence-corrected chi connectivity index (χ2v) is 6.92. The summed E-state index contributed by atoms with van der Waals surface area (Å²) in [4.78, 5) is 2.52. The zero-order valence-electron chi connectivity index (χ0n) is 14.1. The second-order valence-electron chi connectivity index (χ2n) is 6.92. The predicted molar refractivity (Wildman–Crippen MR) is 85.6 cm³/mol. The van der Waals surface area contributed by atoms with E-state index in [0.717, 1.165) is 25.3 Å². The van der Waals surface area contributed by atoms with Gasteiger partial charge < -0.3 is 4.90 Å². The van der Waals surface area contributed by atoms with Crippen LogP contribution in [0.2, 0.25) is 0 Å². The van der Waals surface area contributed by atoms with Gasteiger partial charge in [-0.2, -0.15) is 5.26 Å². The molecule has 4 atom stereocenters. The lowest BCUT2D eigenvalue weighted by molar-refractivity contribution is 0.0902. The molecular formula is C17H33N3. The third kappa shape index (κ3) is 4.75. The fourth-order valence-electron chi connectivity index (χ4n) is 3.52. The van der Waals surface area contributed by atoms with Crippen LogP contribution in [0.25, 0.3) is 0 Å². The van der Waals surface area contributed by atoms with Crippen molar-refractivity contribution in [1.82, 2.24) is 10.2 Å². The third-order valence-electron chi connectivity index (χ3n) is 5.00. The van der Waals surface area contributed by atoms with E-state index in [9.17, 15) is 5.26 Å². The van der Waals surface area contributed by atoms with Crippen molar-refractivity contribution in [2.75, 3.05) is 13.6 Å². The molecule has 4 unspecified atom stereocenters. The summed E-state index contributed by atoms with van der Waals surface area (Å²) in [5.41, 5.74) is -0.401. The molecule has 1 aliphatic carbocycles. The van der Waals surface area contributed by atoms with E-state index >= 15 is 0 Å². The fraction of sp³-hybridized carbons (Fsp3) is 0.941. The lowest BCUT2D eigenvalue weighted by Gasteiger charge is -2.41. The van der Waals surface area contributed by atoms with Crippen molar-refractivity contribution in [2.24, 2.45) is 5.92 Å². The highest BCUT2D eigenvalue weighted by atomic mass is 15.2. The van der Waals surface area contributed by atoms with E-state index in [1.54, 1.807) is 0 Å². The molecule has 1 fully saturated rings. The van der Waals surface area contributed by atoms with Crippen molar-refractivity contribution >= 4 is 0 Å². The molecule has 3 heteroatoms. The first kappa shape index (κ1) is 17.5. The Kier molecular flexibility index (Phi) is 6.99. The van der Waals surface area contributed by atoms with E-state index in [4.69, 9.17) is 0 Å². The standard InChI is InChI=1S/C17H33N3/c1-6-11-19-17(4,13-18)12-15(3)20(5)16-10-8-7-9-14(16)2/h14-16,19H,6-12H2,1-5H3. The van der Waals surface area contributed by atoms with E-state index in [0.29, 0.717) is 12.1 Å². The minimum Gasteiger partial charge on any atom is -0.300 e. The Morgan fingerprint density at radius 1 is 1.40 bits per heavy atom. The van der Waals surface area contributed by atoms with Crippen LogP contribution < -0.4 is 5.32 Å². The van der Waals surface area contributed by atoms with Gasteiger partial charge in [-0.15, -0.1) is 0 Å². The van der Waals surface area contributed by atoms with Crippen molar-refractivity contribution in [3.63, 3.8) is 0 Å². The summed E-state index contributed by atoms with van der Waals surface area (Å²) in [5, 5.41) is 12.9. The average molecular weight is 279 g/mol. The lowest BCUT2D eigenvalue weighted by atomic mass is 9.83. The number of nitrogens with zero attached hydrogens (tertiary/aromatic N) is 2. The van der Waals surface area contributed by atoms with Gasteiger partial charge in [-0.1, -0.05) is 26.7 Å². The number of nitriles is 1. The summed E-state index contributed by atoms with van der Waals surface area (Å²) in [6.45, 7) is 9.75. The first-order chi connectivity index (χ1) is 9.43. The molecule has 0 saturated heterocycles. The first-order valence-corrected chi connectivity index (χ1v) is 8.31. The number of rotatable bonds is 7. The predicted octanol–water partition coefficient (Wildman–Crippen LogP) is 3.56. The molecule has 0 radical (unpaired) electrons. The number of hydrogen-bond acceptors (Lipinski definition) is 3. The fourth-order valence-corrected chi connectivity index (χ4v) is 3.52. The molecule has 1 saturated carbocycles. The molecule has 0 aliphatic heterocycles. The zero-order chi connectivity index (χ0) is 15.2. The Balaban J connectivity index is 2.59. The smallest absolute Gasteiger partial charge is 0.105 e. The maximum atomic E-state index is 9.47. The van der Waals surface area contributed by atoms with E-state index in [1.165, 1.54) is 25.7 Å². The maximum Gasteiger partial charge on any atom is 0.105 e. The molecule has 0 aromatic heterocycles. The average Bonchev–Trinajstić information content (AvgIpc) is 2.45.